The van der Waals surface area contributed by atoms with Crippen LogP contribution >= 0.6 is 0 Å². The number of benzene rings is 2. The van der Waals surface area contributed by atoms with Crippen molar-refractivity contribution >= 4 is 12.4 Å². The zero-order chi connectivity index (χ0) is 14.4. The molecule has 0 aromatic heterocycles. The molecule has 0 heterocycles. The van der Waals surface area contributed by atoms with Gasteiger partial charge in [0.15, 0.2) is 11.5 Å². The molecule has 5 heteroatoms. The molecule has 0 unspecified atom stereocenters. The van der Waals surface area contributed by atoms with Crippen molar-refractivity contribution in [1.82, 2.24) is 0 Å². The lowest BCUT2D eigenvalue weighted by Crippen LogP contribution is -1.87. The molecule has 0 radical (unpaired) electrons. The number of hydrogen-bond donors (Lipinski definition) is 2. The topological polar surface area (TPSA) is 74.4 Å². The summed E-state index contributed by atoms with van der Waals surface area (Å²) in [5, 5.41) is 26.4. The first-order valence-electron chi connectivity index (χ1n) is 5.91. The molecule has 2 aromatic carbocycles. The lowest BCUT2D eigenvalue weighted by molar-refractivity contribution is 0.373. The SMILES string of the molecule is COc1cc(/C=N/N=C/c2ccc(O)cc2)ccc1O. The molecule has 0 aliphatic carbocycles. The predicted octanol–water partition coefficient (Wildman–Crippen LogP) is 2.56. The van der Waals surface area contributed by atoms with Crippen molar-refractivity contribution in [3.05, 3.63) is 53.6 Å². The van der Waals surface area contributed by atoms with E-state index in [4.69, 9.17) is 9.84 Å². The van der Waals surface area contributed by atoms with E-state index in [9.17, 15) is 5.11 Å². The van der Waals surface area contributed by atoms with E-state index in [0.29, 0.717) is 5.75 Å². The van der Waals surface area contributed by atoms with E-state index in [2.05, 4.69) is 10.2 Å². The number of aromatic hydroxyl groups is 2. The second-order valence-corrected chi connectivity index (χ2v) is 4.01. The summed E-state index contributed by atoms with van der Waals surface area (Å²) in [6.07, 6.45) is 3.13. The molecule has 2 N–H and O–H groups in total. The van der Waals surface area contributed by atoms with Crippen LogP contribution in [0, 0.1) is 0 Å². The number of hydrogen-bond acceptors (Lipinski definition) is 5. The molecule has 5 nitrogen and oxygen atoms in total. The van der Waals surface area contributed by atoms with Crippen LogP contribution in [0.25, 0.3) is 0 Å². The number of phenolic OH excluding ortho intramolecular Hbond substituents is 2. The normalized spacial score (nSPS) is 11.2. The molecule has 0 spiro atoms. The van der Waals surface area contributed by atoms with E-state index in [1.807, 2.05) is 0 Å². The Labute approximate surface area is 116 Å². The first kappa shape index (κ1) is 13.6. The van der Waals surface area contributed by atoms with Crippen LogP contribution in [0.1, 0.15) is 11.1 Å². The monoisotopic (exact) mass is 270 g/mol. The Morgan fingerprint density at radius 2 is 1.50 bits per heavy atom. The number of nitrogens with zero attached hydrogens (tertiary/aromatic N) is 2. The third-order valence-electron chi connectivity index (χ3n) is 2.58. The van der Waals surface area contributed by atoms with E-state index < -0.39 is 0 Å². The number of rotatable bonds is 4. The van der Waals surface area contributed by atoms with Crippen molar-refractivity contribution in [3.63, 3.8) is 0 Å². The third-order valence-corrected chi connectivity index (χ3v) is 2.58. The lowest BCUT2D eigenvalue weighted by atomic mass is 10.2. The van der Waals surface area contributed by atoms with Gasteiger partial charge in [-0.25, -0.2) is 0 Å². The lowest BCUT2D eigenvalue weighted by Gasteiger charge is -2.02. The molecule has 0 amide bonds. The minimum Gasteiger partial charge on any atom is -0.508 e. The minimum absolute atomic E-state index is 0.0808. The van der Waals surface area contributed by atoms with Gasteiger partial charge in [-0.1, -0.05) is 0 Å². The van der Waals surface area contributed by atoms with Gasteiger partial charge >= 0.3 is 0 Å². The maximum atomic E-state index is 9.46. The Balaban J connectivity index is 2.04. The van der Waals surface area contributed by atoms with Gasteiger partial charge in [-0.05, 0) is 53.6 Å². The number of ether oxygens (including phenoxy) is 1. The molecule has 0 atom stereocenters. The van der Waals surface area contributed by atoms with Crippen molar-refractivity contribution in [2.75, 3.05) is 7.11 Å². The number of phenols is 2. The number of methoxy groups -OCH3 is 1. The van der Waals surface area contributed by atoms with Gasteiger partial charge in [0.05, 0.1) is 19.5 Å². The Kier molecular flexibility index (Phi) is 4.34. The fraction of sp³-hybridized carbons (Fsp3) is 0.0667. The van der Waals surface area contributed by atoms with Gasteiger partial charge in [0, 0.05) is 0 Å². The van der Waals surface area contributed by atoms with Crippen LogP contribution in [-0.4, -0.2) is 29.8 Å². The van der Waals surface area contributed by atoms with Crippen LogP contribution in [0.4, 0.5) is 0 Å². The quantitative estimate of drug-likeness (QED) is 0.662. The zero-order valence-electron chi connectivity index (χ0n) is 10.9. The fourth-order valence-corrected chi connectivity index (χ4v) is 1.53. The average Bonchev–Trinajstić information content (AvgIpc) is 2.47. The van der Waals surface area contributed by atoms with E-state index in [1.165, 1.54) is 13.2 Å². The van der Waals surface area contributed by atoms with E-state index in [-0.39, 0.29) is 11.5 Å². The highest BCUT2D eigenvalue weighted by Gasteiger charge is 2.00. The van der Waals surface area contributed by atoms with Gasteiger partial charge in [-0.2, -0.15) is 10.2 Å². The molecule has 102 valence electrons. The summed E-state index contributed by atoms with van der Waals surface area (Å²) in [5.74, 6) is 0.676. The molecule has 2 rings (SSSR count). The van der Waals surface area contributed by atoms with Crippen molar-refractivity contribution in [2.24, 2.45) is 10.2 Å². The highest BCUT2D eigenvalue weighted by molar-refractivity contribution is 5.83. The van der Waals surface area contributed by atoms with Crippen LogP contribution in [0.2, 0.25) is 0 Å². The first-order valence-corrected chi connectivity index (χ1v) is 5.91. The molecular weight excluding hydrogens is 256 g/mol. The van der Waals surface area contributed by atoms with E-state index >= 15 is 0 Å². The van der Waals surface area contributed by atoms with Crippen LogP contribution in [0.3, 0.4) is 0 Å². The summed E-state index contributed by atoms with van der Waals surface area (Å²) < 4.78 is 5.00. The molecule has 2 aromatic rings. The summed E-state index contributed by atoms with van der Waals surface area (Å²) in [7, 11) is 1.49. The molecule has 0 saturated heterocycles. The van der Waals surface area contributed by atoms with Crippen LogP contribution in [-0.2, 0) is 0 Å². The predicted molar refractivity (Wildman–Crippen MR) is 78.0 cm³/mol. The van der Waals surface area contributed by atoms with Gasteiger partial charge in [-0.3, -0.25) is 0 Å². The standard InChI is InChI=1S/C15H14N2O3/c1-20-15-8-12(4-7-14(15)19)10-17-16-9-11-2-5-13(18)6-3-11/h2-10,18-19H,1H3/b16-9+,17-10+. The Morgan fingerprint density at radius 1 is 0.900 bits per heavy atom. The van der Waals surface area contributed by atoms with Crippen LogP contribution < -0.4 is 4.74 Å². The smallest absolute Gasteiger partial charge is 0.161 e. The minimum atomic E-state index is 0.0808. The Bertz CT molecular complexity index is 634. The van der Waals surface area contributed by atoms with E-state index in [0.717, 1.165) is 11.1 Å². The molecule has 0 fully saturated rings. The highest BCUT2D eigenvalue weighted by Crippen LogP contribution is 2.25. The molecular formula is C15H14N2O3. The summed E-state index contributed by atoms with van der Waals surface area (Å²) in [6, 6.07) is 11.5. The third kappa shape index (κ3) is 3.58. The second kappa shape index (κ2) is 6.38. The second-order valence-electron chi connectivity index (χ2n) is 4.01. The van der Waals surface area contributed by atoms with Crippen molar-refractivity contribution in [3.8, 4) is 17.2 Å². The van der Waals surface area contributed by atoms with Gasteiger partial charge < -0.3 is 14.9 Å². The Morgan fingerprint density at radius 3 is 2.15 bits per heavy atom. The van der Waals surface area contributed by atoms with Crippen molar-refractivity contribution < 1.29 is 14.9 Å². The molecule has 0 aliphatic rings. The molecule has 20 heavy (non-hydrogen) atoms. The van der Waals surface area contributed by atoms with Gasteiger partial charge in [-0.15, -0.1) is 0 Å². The molecule has 0 bridgehead atoms. The van der Waals surface area contributed by atoms with E-state index in [1.54, 1.807) is 48.8 Å². The largest absolute Gasteiger partial charge is 0.508 e. The van der Waals surface area contributed by atoms with Gasteiger partial charge in [0.1, 0.15) is 5.75 Å². The summed E-state index contributed by atoms with van der Waals surface area (Å²) in [5.41, 5.74) is 1.60. The fourth-order valence-electron chi connectivity index (χ4n) is 1.53. The summed E-state index contributed by atoms with van der Waals surface area (Å²) in [6.45, 7) is 0. The summed E-state index contributed by atoms with van der Waals surface area (Å²) >= 11 is 0. The summed E-state index contributed by atoms with van der Waals surface area (Å²) in [4.78, 5) is 0. The Hall–Kier alpha value is -2.82. The van der Waals surface area contributed by atoms with Crippen molar-refractivity contribution in [2.45, 2.75) is 0 Å². The average molecular weight is 270 g/mol. The molecule has 0 aliphatic heterocycles. The van der Waals surface area contributed by atoms with Gasteiger partial charge in [0.2, 0.25) is 0 Å². The maximum Gasteiger partial charge on any atom is 0.161 e. The molecule has 0 saturated carbocycles. The van der Waals surface area contributed by atoms with Gasteiger partial charge in [0.25, 0.3) is 0 Å². The van der Waals surface area contributed by atoms with Crippen LogP contribution in [0.5, 0.6) is 17.2 Å². The maximum absolute atomic E-state index is 9.46. The first-order chi connectivity index (χ1) is 9.69. The zero-order valence-corrected chi connectivity index (χ0v) is 10.9. The van der Waals surface area contributed by atoms with Crippen LogP contribution in [0.15, 0.2) is 52.7 Å². The highest BCUT2D eigenvalue weighted by atomic mass is 16.5. The van der Waals surface area contributed by atoms with Crippen molar-refractivity contribution in [1.29, 1.82) is 0 Å².